The summed E-state index contributed by atoms with van der Waals surface area (Å²) < 4.78 is 15.8. The zero-order chi connectivity index (χ0) is 42.5. The van der Waals surface area contributed by atoms with Crippen LogP contribution in [0.5, 0.6) is 17.2 Å². The highest BCUT2D eigenvalue weighted by atomic mass is 16.5. The largest absolute Gasteiger partial charge is 0.497 e. The van der Waals surface area contributed by atoms with Gasteiger partial charge in [0.15, 0.2) is 0 Å². The zero-order valence-electron chi connectivity index (χ0n) is 36.4. The van der Waals surface area contributed by atoms with Crippen molar-refractivity contribution in [1.29, 1.82) is 0 Å². The number of rotatable bonds is 12. The Labute approximate surface area is 346 Å². The SMILES string of the molecule is CCC1C(=O)CCCc2cc(OC)ccc21.CC[C@@]1(CCC(C)=O)C(=O)CCCc2cc(OC)ccc21.CC[C@]1(CCC(C)=O)C(=O)CCCc2cc(OC)ccc21. The number of hydrogen-bond acceptors (Lipinski definition) is 8. The quantitative estimate of drug-likeness (QED) is 0.167. The molecule has 0 aromatic heterocycles. The van der Waals surface area contributed by atoms with Gasteiger partial charge in [-0.05, 0) is 154 Å². The minimum absolute atomic E-state index is 0.100. The Bertz CT molecular complexity index is 1830. The van der Waals surface area contributed by atoms with E-state index < -0.39 is 10.8 Å². The van der Waals surface area contributed by atoms with Gasteiger partial charge in [-0.2, -0.15) is 0 Å². The molecule has 0 spiro atoms. The lowest BCUT2D eigenvalue weighted by Crippen LogP contribution is -2.35. The number of carbonyl (C=O) groups excluding carboxylic acids is 5. The number of Topliss-reactive ketones (excluding diaryl/α,β-unsaturated/α-hetero) is 5. The first-order valence-corrected chi connectivity index (χ1v) is 21.4. The van der Waals surface area contributed by atoms with Crippen LogP contribution < -0.4 is 14.2 Å². The number of carbonyl (C=O) groups is 5. The van der Waals surface area contributed by atoms with Gasteiger partial charge in [-0.1, -0.05) is 39.0 Å². The van der Waals surface area contributed by atoms with Crippen LogP contribution in [0.2, 0.25) is 0 Å². The smallest absolute Gasteiger partial charge is 0.143 e. The molecule has 8 heteroatoms. The Hall–Kier alpha value is -4.59. The third-order valence-electron chi connectivity index (χ3n) is 12.8. The van der Waals surface area contributed by atoms with E-state index in [1.807, 2.05) is 42.5 Å². The fourth-order valence-electron chi connectivity index (χ4n) is 9.37. The van der Waals surface area contributed by atoms with Gasteiger partial charge in [0.2, 0.25) is 0 Å². The molecule has 3 aromatic rings. The molecule has 8 nitrogen and oxygen atoms in total. The van der Waals surface area contributed by atoms with Gasteiger partial charge in [0.1, 0.15) is 46.2 Å². The lowest BCUT2D eigenvalue weighted by molar-refractivity contribution is -0.126. The average molecular weight is 795 g/mol. The summed E-state index contributed by atoms with van der Waals surface area (Å²) in [4.78, 5) is 60.3. The molecule has 314 valence electrons. The summed E-state index contributed by atoms with van der Waals surface area (Å²) in [5.74, 6) is 3.92. The van der Waals surface area contributed by atoms with Gasteiger partial charge < -0.3 is 23.8 Å². The molecule has 0 fully saturated rings. The van der Waals surface area contributed by atoms with Crippen molar-refractivity contribution < 1.29 is 38.2 Å². The Balaban J connectivity index is 0.000000194. The minimum Gasteiger partial charge on any atom is -0.497 e. The molecule has 3 aliphatic carbocycles. The number of ketones is 5. The normalized spacial score (nSPS) is 21.2. The molecule has 0 amide bonds. The molecule has 0 saturated heterocycles. The highest BCUT2D eigenvalue weighted by Crippen LogP contribution is 2.43. The second kappa shape index (κ2) is 21.4. The van der Waals surface area contributed by atoms with E-state index in [0.29, 0.717) is 44.3 Å². The summed E-state index contributed by atoms with van der Waals surface area (Å²) in [5, 5.41) is 0. The van der Waals surface area contributed by atoms with Crippen molar-refractivity contribution in [2.45, 2.75) is 154 Å². The standard InChI is InChI=1S/2C18H24O3.C14H18O2/c2*1-4-18(11-10-13(2)19)16-9-8-15(21-3)12-14(16)6-5-7-17(18)20;1-3-12-13-8-7-11(16-2)9-10(13)5-4-6-14(12)15/h2*8-9,12H,4-7,10-11H2,1-3H3;7-9,12H,3-6H2,1-2H3/t2*18-;/m10./s1. The molecule has 3 aliphatic rings. The van der Waals surface area contributed by atoms with Gasteiger partial charge in [-0.25, -0.2) is 0 Å². The lowest BCUT2D eigenvalue weighted by Gasteiger charge is -2.32. The van der Waals surface area contributed by atoms with Crippen LogP contribution in [0.4, 0.5) is 0 Å². The first-order chi connectivity index (χ1) is 27.8. The van der Waals surface area contributed by atoms with Crippen LogP contribution in [0.25, 0.3) is 0 Å². The van der Waals surface area contributed by atoms with Crippen LogP contribution in [-0.2, 0) is 54.1 Å². The summed E-state index contributed by atoms with van der Waals surface area (Å²) >= 11 is 0. The van der Waals surface area contributed by atoms with Crippen molar-refractivity contribution in [2.75, 3.05) is 21.3 Å². The number of aryl methyl sites for hydroxylation is 3. The number of benzene rings is 3. The molecule has 3 aromatic carbocycles. The van der Waals surface area contributed by atoms with Crippen LogP contribution in [0.3, 0.4) is 0 Å². The Kier molecular flexibility index (Phi) is 17.0. The van der Waals surface area contributed by atoms with Gasteiger partial charge in [-0.3, -0.25) is 14.4 Å². The van der Waals surface area contributed by atoms with Crippen molar-refractivity contribution in [3.63, 3.8) is 0 Å². The van der Waals surface area contributed by atoms with Crippen LogP contribution in [0.15, 0.2) is 54.6 Å². The highest BCUT2D eigenvalue weighted by Gasteiger charge is 2.42. The predicted molar refractivity (Wildman–Crippen MR) is 230 cm³/mol. The first kappa shape index (κ1) is 46.1. The van der Waals surface area contributed by atoms with E-state index in [1.54, 1.807) is 35.2 Å². The first-order valence-electron chi connectivity index (χ1n) is 21.4. The van der Waals surface area contributed by atoms with Gasteiger partial charge >= 0.3 is 0 Å². The highest BCUT2D eigenvalue weighted by molar-refractivity contribution is 5.93. The molecule has 1 unspecified atom stereocenters. The van der Waals surface area contributed by atoms with Crippen molar-refractivity contribution in [3.05, 3.63) is 88.0 Å². The van der Waals surface area contributed by atoms with Crippen LogP contribution in [0, 0.1) is 0 Å². The van der Waals surface area contributed by atoms with Gasteiger partial charge in [0.05, 0.1) is 32.2 Å². The van der Waals surface area contributed by atoms with E-state index in [4.69, 9.17) is 14.2 Å². The van der Waals surface area contributed by atoms with Crippen molar-refractivity contribution in [1.82, 2.24) is 0 Å². The van der Waals surface area contributed by atoms with E-state index in [1.165, 1.54) is 22.3 Å². The minimum atomic E-state index is -0.496. The number of ether oxygens (including phenoxy) is 3. The molecule has 0 heterocycles. The molecular formula is C50H66O8. The van der Waals surface area contributed by atoms with Crippen LogP contribution in [-0.4, -0.2) is 50.2 Å². The fraction of sp³-hybridized carbons (Fsp3) is 0.540. The molecule has 0 N–H and O–H groups in total. The van der Waals surface area contributed by atoms with E-state index in [-0.39, 0.29) is 29.1 Å². The maximum Gasteiger partial charge on any atom is 0.143 e. The van der Waals surface area contributed by atoms with E-state index >= 15 is 0 Å². The lowest BCUT2D eigenvalue weighted by atomic mass is 9.70. The van der Waals surface area contributed by atoms with Crippen LogP contribution >= 0.6 is 0 Å². The molecule has 58 heavy (non-hydrogen) atoms. The molecule has 6 rings (SSSR count). The van der Waals surface area contributed by atoms with Gasteiger partial charge in [0.25, 0.3) is 0 Å². The summed E-state index contributed by atoms with van der Waals surface area (Å²) in [7, 11) is 5.00. The topological polar surface area (TPSA) is 113 Å². The Morgan fingerprint density at radius 1 is 0.569 bits per heavy atom. The summed E-state index contributed by atoms with van der Waals surface area (Å²) in [6.07, 6.45) is 12.0. The molecule has 0 aliphatic heterocycles. The number of methoxy groups -OCH3 is 3. The van der Waals surface area contributed by atoms with Crippen LogP contribution in [0.1, 0.15) is 157 Å². The third kappa shape index (κ3) is 10.7. The second-order valence-corrected chi connectivity index (χ2v) is 16.2. The number of fused-ring (bicyclic) bond motifs is 3. The summed E-state index contributed by atoms with van der Waals surface area (Å²) in [5.41, 5.74) is 6.12. The number of hydrogen-bond donors (Lipinski definition) is 0. The maximum absolute atomic E-state index is 12.8. The predicted octanol–water partition coefficient (Wildman–Crippen LogP) is 10.3. The molecule has 0 bridgehead atoms. The molecule has 0 radical (unpaired) electrons. The van der Waals surface area contributed by atoms with Crippen molar-refractivity contribution >= 4 is 28.9 Å². The van der Waals surface area contributed by atoms with Crippen molar-refractivity contribution in [3.8, 4) is 17.2 Å². The molecular weight excluding hydrogens is 729 g/mol. The average Bonchev–Trinajstić information content (AvgIpc) is 3.54. The second-order valence-electron chi connectivity index (χ2n) is 16.2. The Morgan fingerprint density at radius 3 is 1.36 bits per heavy atom. The summed E-state index contributed by atoms with van der Waals surface area (Å²) in [6, 6.07) is 18.1. The van der Waals surface area contributed by atoms with Gasteiger partial charge in [-0.15, -0.1) is 0 Å². The fourth-order valence-corrected chi connectivity index (χ4v) is 9.37. The Morgan fingerprint density at radius 2 is 0.966 bits per heavy atom. The monoisotopic (exact) mass is 794 g/mol. The van der Waals surface area contributed by atoms with E-state index in [9.17, 15) is 24.0 Å². The summed E-state index contributed by atoms with van der Waals surface area (Å²) in [6.45, 7) is 9.38. The third-order valence-corrected chi connectivity index (χ3v) is 12.8. The van der Waals surface area contributed by atoms with E-state index in [2.05, 4.69) is 32.9 Å². The van der Waals surface area contributed by atoms with Crippen molar-refractivity contribution in [2.24, 2.45) is 0 Å². The zero-order valence-corrected chi connectivity index (χ0v) is 36.4. The molecule has 3 atom stereocenters. The molecule has 0 saturated carbocycles. The maximum atomic E-state index is 12.8. The van der Waals surface area contributed by atoms with E-state index in [0.717, 1.165) is 92.6 Å². The van der Waals surface area contributed by atoms with Gasteiger partial charge in [0, 0.05) is 38.0 Å².